The van der Waals surface area contributed by atoms with Crippen LogP contribution in [-0.2, 0) is 44.9 Å². The molecule has 4 aromatic rings. The van der Waals surface area contributed by atoms with Crippen molar-refractivity contribution >= 4 is 23.7 Å². The summed E-state index contributed by atoms with van der Waals surface area (Å²) in [7, 11) is 0. The van der Waals surface area contributed by atoms with Crippen LogP contribution in [0.15, 0.2) is 121 Å². The number of nitrogens with two attached hydrogens (primary N) is 1. The van der Waals surface area contributed by atoms with Crippen LogP contribution in [0.1, 0.15) is 22.3 Å². The lowest BCUT2D eigenvalue weighted by Crippen LogP contribution is -2.58. The molecular formula is C36H38N4O5. The summed E-state index contributed by atoms with van der Waals surface area (Å²) in [6.07, 6.45) is 0.612. The molecule has 0 heterocycles. The fourth-order valence-electron chi connectivity index (χ4n) is 4.95. The van der Waals surface area contributed by atoms with E-state index in [1.807, 2.05) is 97.1 Å². The first-order valence-corrected chi connectivity index (χ1v) is 14.8. The lowest BCUT2D eigenvalue weighted by Gasteiger charge is -2.25. The van der Waals surface area contributed by atoms with Gasteiger partial charge >= 0.3 is 5.97 Å². The van der Waals surface area contributed by atoms with Gasteiger partial charge in [-0.25, -0.2) is 4.79 Å². The zero-order valence-corrected chi connectivity index (χ0v) is 24.8. The molecule has 4 rings (SSSR count). The zero-order chi connectivity index (χ0) is 32.0. The van der Waals surface area contributed by atoms with E-state index in [2.05, 4.69) is 16.0 Å². The lowest BCUT2D eigenvalue weighted by atomic mass is 10.0. The standard InChI is InChI=1S/C36H38N4O5/c37-29(21-25-13-5-1-6-14-25)33(41)38-30(22-26-15-7-2-8-16-26)34(42)39-31(23-27-17-9-3-10-18-27)35(43)40-32(36(44)45)24-28-19-11-4-12-20-28/h1-20,29-32H,21-24,37H2,(H,38,41)(H,39,42)(H,40,43)(H,44,45). The van der Waals surface area contributed by atoms with Crippen molar-refractivity contribution in [1.29, 1.82) is 0 Å². The van der Waals surface area contributed by atoms with E-state index in [9.17, 15) is 24.3 Å². The van der Waals surface area contributed by atoms with Gasteiger partial charge in [0.25, 0.3) is 0 Å². The summed E-state index contributed by atoms with van der Waals surface area (Å²) in [6.45, 7) is 0. The number of aliphatic carboxylic acids is 1. The minimum absolute atomic E-state index is 0.0694. The molecule has 0 saturated heterocycles. The summed E-state index contributed by atoms with van der Waals surface area (Å²) in [5.41, 5.74) is 9.41. The number of nitrogens with one attached hydrogen (secondary N) is 3. The number of benzene rings is 4. The molecule has 4 aromatic carbocycles. The third kappa shape index (κ3) is 10.4. The second-order valence-electron chi connectivity index (χ2n) is 10.9. The van der Waals surface area contributed by atoms with Crippen molar-refractivity contribution in [3.63, 3.8) is 0 Å². The molecule has 6 N–H and O–H groups in total. The lowest BCUT2D eigenvalue weighted by molar-refractivity contribution is -0.142. The Hall–Kier alpha value is -5.28. The van der Waals surface area contributed by atoms with Gasteiger partial charge in [0.1, 0.15) is 18.1 Å². The molecule has 232 valence electrons. The van der Waals surface area contributed by atoms with Crippen LogP contribution in [0.2, 0.25) is 0 Å². The molecule has 3 amide bonds. The molecule has 0 radical (unpaired) electrons. The van der Waals surface area contributed by atoms with Gasteiger partial charge in [-0.15, -0.1) is 0 Å². The Kier molecular flexibility index (Phi) is 12.0. The molecule has 0 saturated carbocycles. The maximum atomic E-state index is 13.8. The van der Waals surface area contributed by atoms with Crippen molar-refractivity contribution in [2.75, 3.05) is 0 Å². The van der Waals surface area contributed by atoms with Crippen molar-refractivity contribution in [2.45, 2.75) is 49.9 Å². The Balaban J connectivity index is 1.53. The predicted octanol–water partition coefficient (Wildman–Crippen LogP) is 2.82. The fourth-order valence-corrected chi connectivity index (χ4v) is 4.95. The van der Waals surface area contributed by atoms with Crippen LogP contribution >= 0.6 is 0 Å². The highest BCUT2D eigenvalue weighted by atomic mass is 16.4. The Morgan fingerprint density at radius 3 is 1.11 bits per heavy atom. The summed E-state index contributed by atoms with van der Waals surface area (Å²) in [5.74, 6) is -2.95. The van der Waals surface area contributed by atoms with Gasteiger partial charge in [0, 0.05) is 19.3 Å². The molecule has 4 atom stereocenters. The van der Waals surface area contributed by atoms with Crippen molar-refractivity contribution in [3.05, 3.63) is 144 Å². The highest BCUT2D eigenvalue weighted by molar-refractivity contribution is 5.94. The van der Waals surface area contributed by atoms with Crippen molar-refractivity contribution < 1.29 is 24.3 Å². The summed E-state index contributed by atoms with van der Waals surface area (Å²) in [5, 5.41) is 18.1. The molecule has 0 aliphatic heterocycles. The molecule has 0 aliphatic rings. The van der Waals surface area contributed by atoms with E-state index in [1.165, 1.54) is 0 Å². The number of hydrogen-bond donors (Lipinski definition) is 5. The van der Waals surface area contributed by atoms with E-state index in [0.717, 1.165) is 22.3 Å². The summed E-state index contributed by atoms with van der Waals surface area (Å²) in [4.78, 5) is 52.7. The van der Waals surface area contributed by atoms with Gasteiger partial charge in [-0.2, -0.15) is 0 Å². The molecule has 45 heavy (non-hydrogen) atoms. The maximum absolute atomic E-state index is 13.8. The normalized spacial score (nSPS) is 13.4. The van der Waals surface area contributed by atoms with Crippen LogP contribution in [0.4, 0.5) is 0 Å². The molecule has 9 heteroatoms. The molecule has 0 fully saturated rings. The smallest absolute Gasteiger partial charge is 0.326 e. The fraction of sp³-hybridized carbons (Fsp3) is 0.222. The predicted molar refractivity (Wildman–Crippen MR) is 172 cm³/mol. The topological polar surface area (TPSA) is 151 Å². The second kappa shape index (κ2) is 16.5. The average molecular weight is 607 g/mol. The first kappa shape index (κ1) is 32.6. The van der Waals surface area contributed by atoms with Gasteiger partial charge in [0.05, 0.1) is 6.04 Å². The van der Waals surface area contributed by atoms with E-state index < -0.39 is 47.9 Å². The SMILES string of the molecule is NC(Cc1ccccc1)C(=O)NC(Cc1ccccc1)C(=O)NC(Cc1ccccc1)C(=O)NC(Cc1ccccc1)C(=O)O. The molecule has 0 spiro atoms. The van der Waals surface area contributed by atoms with E-state index in [-0.39, 0.29) is 25.7 Å². The van der Waals surface area contributed by atoms with Crippen LogP contribution in [0.25, 0.3) is 0 Å². The number of amides is 3. The van der Waals surface area contributed by atoms with Gasteiger partial charge < -0.3 is 26.8 Å². The Morgan fingerprint density at radius 1 is 0.467 bits per heavy atom. The van der Waals surface area contributed by atoms with Gasteiger partial charge in [0.15, 0.2) is 0 Å². The van der Waals surface area contributed by atoms with Crippen LogP contribution in [-0.4, -0.2) is 53.0 Å². The van der Waals surface area contributed by atoms with Gasteiger partial charge in [-0.05, 0) is 28.7 Å². The Bertz CT molecular complexity index is 1540. The minimum Gasteiger partial charge on any atom is -0.480 e. The van der Waals surface area contributed by atoms with E-state index in [4.69, 9.17) is 5.73 Å². The monoisotopic (exact) mass is 606 g/mol. The summed E-state index contributed by atoms with van der Waals surface area (Å²) >= 11 is 0. The molecule has 0 aromatic heterocycles. The number of carboxylic acids is 1. The average Bonchev–Trinajstić information content (AvgIpc) is 3.05. The second-order valence-corrected chi connectivity index (χ2v) is 10.9. The number of carbonyl (C=O) groups is 4. The van der Waals surface area contributed by atoms with E-state index >= 15 is 0 Å². The van der Waals surface area contributed by atoms with Crippen LogP contribution in [0.3, 0.4) is 0 Å². The quantitative estimate of drug-likeness (QED) is 0.140. The van der Waals surface area contributed by atoms with Crippen molar-refractivity contribution in [3.8, 4) is 0 Å². The van der Waals surface area contributed by atoms with Crippen LogP contribution in [0, 0.1) is 0 Å². The van der Waals surface area contributed by atoms with Crippen LogP contribution in [0.5, 0.6) is 0 Å². The highest BCUT2D eigenvalue weighted by Crippen LogP contribution is 2.10. The number of rotatable bonds is 15. The maximum Gasteiger partial charge on any atom is 0.326 e. The van der Waals surface area contributed by atoms with E-state index in [0.29, 0.717) is 0 Å². The van der Waals surface area contributed by atoms with Crippen molar-refractivity contribution in [2.24, 2.45) is 5.73 Å². The van der Waals surface area contributed by atoms with Gasteiger partial charge in [0.2, 0.25) is 17.7 Å². The number of carboxylic acid groups (broad SMARTS) is 1. The zero-order valence-electron chi connectivity index (χ0n) is 24.8. The first-order chi connectivity index (χ1) is 21.8. The Labute approximate surface area is 262 Å². The van der Waals surface area contributed by atoms with Gasteiger partial charge in [-0.3, -0.25) is 14.4 Å². The number of carbonyl (C=O) groups excluding carboxylic acids is 3. The Morgan fingerprint density at radius 2 is 0.756 bits per heavy atom. The van der Waals surface area contributed by atoms with Crippen LogP contribution < -0.4 is 21.7 Å². The van der Waals surface area contributed by atoms with Gasteiger partial charge in [-0.1, -0.05) is 121 Å². The molecule has 0 aliphatic carbocycles. The third-order valence-electron chi connectivity index (χ3n) is 7.36. The molecule has 4 unspecified atom stereocenters. The molecular weight excluding hydrogens is 568 g/mol. The summed E-state index contributed by atoms with van der Waals surface area (Å²) < 4.78 is 0. The molecule has 9 nitrogen and oxygen atoms in total. The third-order valence-corrected chi connectivity index (χ3v) is 7.36. The van der Waals surface area contributed by atoms with Crippen molar-refractivity contribution in [1.82, 2.24) is 16.0 Å². The number of hydrogen-bond acceptors (Lipinski definition) is 5. The first-order valence-electron chi connectivity index (χ1n) is 14.8. The largest absolute Gasteiger partial charge is 0.480 e. The summed E-state index contributed by atoms with van der Waals surface area (Å²) in [6, 6.07) is 32.3. The minimum atomic E-state index is -1.22. The molecule has 0 bridgehead atoms. The highest BCUT2D eigenvalue weighted by Gasteiger charge is 2.31. The van der Waals surface area contributed by atoms with E-state index in [1.54, 1.807) is 24.3 Å².